The van der Waals surface area contributed by atoms with Crippen LogP contribution in [0.4, 0.5) is 5.69 Å². The van der Waals surface area contributed by atoms with Gasteiger partial charge in [-0.1, -0.05) is 30.3 Å². The van der Waals surface area contributed by atoms with E-state index in [1.165, 1.54) is 11.1 Å². The molecule has 0 radical (unpaired) electrons. The highest BCUT2D eigenvalue weighted by molar-refractivity contribution is 5.98. The topological polar surface area (TPSA) is 29.5 Å². The first kappa shape index (κ1) is 14.6. The molecule has 1 unspecified atom stereocenters. The Bertz CT molecular complexity index is 708. The maximum absolute atomic E-state index is 12.7. The number of anilines is 1. The van der Waals surface area contributed by atoms with E-state index in [1.807, 2.05) is 62.1 Å². The summed E-state index contributed by atoms with van der Waals surface area (Å²) in [6.07, 6.45) is 0.421. The third-order valence-electron chi connectivity index (χ3n) is 4.36. The molecule has 0 saturated heterocycles. The zero-order chi connectivity index (χ0) is 15.7. The largest absolute Gasteiger partial charge is 0.481 e. The van der Waals surface area contributed by atoms with Gasteiger partial charge in [-0.2, -0.15) is 0 Å². The summed E-state index contributed by atoms with van der Waals surface area (Å²) in [7, 11) is 0. The number of aryl methyl sites for hydroxylation is 1. The molecule has 0 bridgehead atoms. The molecular weight excluding hydrogens is 274 g/mol. The minimum Gasteiger partial charge on any atom is -0.481 e. The summed E-state index contributed by atoms with van der Waals surface area (Å²) in [6, 6.07) is 14.0. The average molecular weight is 295 g/mol. The Morgan fingerprint density at radius 2 is 1.91 bits per heavy atom. The summed E-state index contributed by atoms with van der Waals surface area (Å²) >= 11 is 0. The van der Waals surface area contributed by atoms with Gasteiger partial charge in [-0.25, -0.2) is 0 Å². The molecule has 1 aliphatic heterocycles. The highest BCUT2D eigenvalue weighted by Gasteiger charge is 2.28. The zero-order valence-electron chi connectivity index (χ0n) is 13.3. The van der Waals surface area contributed by atoms with Crippen LogP contribution in [0.3, 0.4) is 0 Å². The van der Waals surface area contributed by atoms with Gasteiger partial charge < -0.3 is 9.64 Å². The molecule has 3 heteroatoms. The van der Waals surface area contributed by atoms with Crippen LogP contribution in [0.5, 0.6) is 5.75 Å². The van der Waals surface area contributed by atoms with E-state index in [0.717, 1.165) is 30.0 Å². The second kappa shape index (κ2) is 5.84. The van der Waals surface area contributed by atoms with E-state index in [-0.39, 0.29) is 5.91 Å². The predicted octanol–water partition coefficient (Wildman–Crippen LogP) is 3.66. The maximum Gasteiger partial charge on any atom is 0.267 e. The van der Waals surface area contributed by atoms with Crippen LogP contribution >= 0.6 is 0 Å². The number of nitrogens with zero attached hydrogens (tertiary/aromatic N) is 1. The molecule has 3 nitrogen and oxygen atoms in total. The maximum atomic E-state index is 12.7. The van der Waals surface area contributed by atoms with Gasteiger partial charge in [0, 0.05) is 12.2 Å². The molecule has 1 heterocycles. The van der Waals surface area contributed by atoms with Crippen LogP contribution in [-0.2, 0) is 11.2 Å². The lowest BCUT2D eigenvalue weighted by Gasteiger charge is -2.23. The molecule has 2 aromatic rings. The highest BCUT2D eigenvalue weighted by atomic mass is 16.5. The van der Waals surface area contributed by atoms with Gasteiger partial charge in [0.25, 0.3) is 5.91 Å². The van der Waals surface area contributed by atoms with Gasteiger partial charge in [0.2, 0.25) is 0 Å². The molecule has 3 rings (SSSR count). The summed E-state index contributed by atoms with van der Waals surface area (Å²) < 4.78 is 5.92. The normalized spacial score (nSPS) is 14.6. The lowest BCUT2D eigenvalue weighted by atomic mass is 10.1. The molecule has 0 aliphatic carbocycles. The fraction of sp³-hybridized carbons (Fsp3) is 0.316. The quantitative estimate of drug-likeness (QED) is 0.865. The molecule has 2 aromatic carbocycles. The molecule has 1 aliphatic rings. The van der Waals surface area contributed by atoms with Gasteiger partial charge in [0.05, 0.1) is 0 Å². The number of rotatable bonds is 3. The number of para-hydroxylation sites is 1. The standard InChI is InChI=1S/C19H21NO2/c1-13-7-6-10-18(14(13)2)22-15(3)19(21)20-12-11-16-8-4-5-9-17(16)20/h4-10,15H,11-12H2,1-3H3. The van der Waals surface area contributed by atoms with Crippen LogP contribution in [-0.4, -0.2) is 18.6 Å². The van der Waals surface area contributed by atoms with Crippen molar-refractivity contribution in [2.24, 2.45) is 0 Å². The number of amides is 1. The molecule has 1 atom stereocenters. The fourth-order valence-electron chi connectivity index (χ4n) is 2.88. The molecule has 114 valence electrons. The van der Waals surface area contributed by atoms with E-state index in [0.29, 0.717) is 0 Å². The number of carbonyl (C=O) groups excluding carboxylic acids is 1. The van der Waals surface area contributed by atoms with Crippen LogP contribution < -0.4 is 9.64 Å². The van der Waals surface area contributed by atoms with Crippen LogP contribution in [0, 0.1) is 13.8 Å². The molecular formula is C19H21NO2. The summed E-state index contributed by atoms with van der Waals surface area (Å²) in [5.41, 5.74) is 4.51. The Kier molecular flexibility index (Phi) is 3.88. The number of carbonyl (C=O) groups is 1. The second-order valence-corrected chi connectivity index (χ2v) is 5.83. The smallest absolute Gasteiger partial charge is 0.267 e. The van der Waals surface area contributed by atoms with Crippen molar-refractivity contribution in [3.8, 4) is 5.75 Å². The molecule has 0 N–H and O–H groups in total. The van der Waals surface area contributed by atoms with Crippen molar-refractivity contribution in [2.75, 3.05) is 11.4 Å². The van der Waals surface area contributed by atoms with Crippen molar-refractivity contribution in [3.63, 3.8) is 0 Å². The van der Waals surface area contributed by atoms with Crippen molar-refractivity contribution < 1.29 is 9.53 Å². The molecule has 0 aromatic heterocycles. The van der Waals surface area contributed by atoms with E-state index in [4.69, 9.17) is 4.74 Å². The Hall–Kier alpha value is -2.29. The van der Waals surface area contributed by atoms with Gasteiger partial charge in [-0.05, 0) is 56.0 Å². The highest BCUT2D eigenvalue weighted by Crippen LogP contribution is 2.29. The number of fused-ring (bicyclic) bond motifs is 1. The van der Waals surface area contributed by atoms with Gasteiger partial charge in [0.1, 0.15) is 5.75 Å². The molecule has 0 saturated carbocycles. The van der Waals surface area contributed by atoms with Gasteiger partial charge in [0.15, 0.2) is 6.10 Å². The van der Waals surface area contributed by atoms with E-state index in [1.54, 1.807) is 0 Å². The average Bonchev–Trinajstić information content (AvgIpc) is 2.95. The van der Waals surface area contributed by atoms with Crippen molar-refractivity contribution in [3.05, 3.63) is 59.2 Å². The number of ether oxygens (including phenoxy) is 1. The summed E-state index contributed by atoms with van der Waals surface area (Å²) in [5.74, 6) is 0.805. The molecule has 0 spiro atoms. The third-order valence-corrected chi connectivity index (χ3v) is 4.36. The van der Waals surface area contributed by atoms with Gasteiger partial charge >= 0.3 is 0 Å². The van der Waals surface area contributed by atoms with E-state index in [2.05, 4.69) is 6.07 Å². The first-order valence-corrected chi connectivity index (χ1v) is 7.70. The van der Waals surface area contributed by atoms with Gasteiger partial charge in [-0.15, -0.1) is 0 Å². The second-order valence-electron chi connectivity index (χ2n) is 5.83. The molecule has 22 heavy (non-hydrogen) atoms. The minimum atomic E-state index is -0.494. The van der Waals surface area contributed by atoms with Crippen LogP contribution in [0.15, 0.2) is 42.5 Å². The van der Waals surface area contributed by atoms with E-state index < -0.39 is 6.10 Å². The first-order valence-electron chi connectivity index (χ1n) is 7.70. The Morgan fingerprint density at radius 1 is 1.14 bits per heavy atom. The van der Waals surface area contributed by atoms with Crippen LogP contribution in [0.2, 0.25) is 0 Å². The van der Waals surface area contributed by atoms with Crippen molar-refractivity contribution in [1.82, 2.24) is 0 Å². The summed E-state index contributed by atoms with van der Waals surface area (Å²) in [5, 5.41) is 0. The van der Waals surface area contributed by atoms with Crippen molar-refractivity contribution in [1.29, 1.82) is 0 Å². The van der Waals surface area contributed by atoms with E-state index >= 15 is 0 Å². The summed E-state index contributed by atoms with van der Waals surface area (Å²) in [4.78, 5) is 14.5. The lowest BCUT2D eigenvalue weighted by Crippen LogP contribution is -2.39. The number of benzene rings is 2. The predicted molar refractivity (Wildman–Crippen MR) is 88.5 cm³/mol. The summed E-state index contributed by atoms with van der Waals surface area (Å²) in [6.45, 7) is 6.63. The Balaban J connectivity index is 1.77. The lowest BCUT2D eigenvalue weighted by molar-refractivity contribution is -0.124. The Morgan fingerprint density at radius 3 is 2.73 bits per heavy atom. The van der Waals surface area contributed by atoms with Crippen LogP contribution in [0.25, 0.3) is 0 Å². The Labute approximate surface area is 131 Å². The van der Waals surface area contributed by atoms with Gasteiger partial charge in [-0.3, -0.25) is 4.79 Å². The molecule has 1 amide bonds. The first-order chi connectivity index (χ1) is 10.6. The monoisotopic (exact) mass is 295 g/mol. The van der Waals surface area contributed by atoms with Crippen molar-refractivity contribution in [2.45, 2.75) is 33.3 Å². The van der Waals surface area contributed by atoms with Crippen molar-refractivity contribution >= 4 is 11.6 Å². The molecule has 0 fully saturated rings. The zero-order valence-corrected chi connectivity index (χ0v) is 13.3. The minimum absolute atomic E-state index is 0.0193. The third kappa shape index (κ3) is 2.59. The van der Waals surface area contributed by atoms with Crippen LogP contribution in [0.1, 0.15) is 23.6 Å². The fourth-order valence-corrected chi connectivity index (χ4v) is 2.88. The number of hydrogen-bond donors (Lipinski definition) is 0. The SMILES string of the molecule is Cc1cccc(OC(C)C(=O)N2CCc3ccccc32)c1C. The van der Waals surface area contributed by atoms with E-state index in [9.17, 15) is 4.79 Å². The number of hydrogen-bond acceptors (Lipinski definition) is 2.